The average Bonchev–Trinajstić information content (AvgIpc) is 2.41. The molecule has 19 heavy (non-hydrogen) atoms. The lowest BCUT2D eigenvalue weighted by Gasteiger charge is -2.33. The van der Waals surface area contributed by atoms with Crippen molar-refractivity contribution in [3.8, 4) is 0 Å². The van der Waals surface area contributed by atoms with Gasteiger partial charge in [-0.25, -0.2) is 8.42 Å². The van der Waals surface area contributed by atoms with Crippen LogP contribution in [0.2, 0.25) is 0 Å². The minimum Gasteiger partial charge on any atom is -0.399 e. The molecule has 1 aliphatic rings. The van der Waals surface area contributed by atoms with E-state index in [1.54, 1.807) is 28.6 Å². The Morgan fingerprint density at radius 2 is 1.68 bits per heavy atom. The van der Waals surface area contributed by atoms with Gasteiger partial charge in [0.1, 0.15) is 0 Å². The molecule has 1 saturated heterocycles. The fourth-order valence-corrected chi connectivity index (χ4v) is 3.76. The normalized spacial score (nSPS) is 18.6. The minimum atomic E-state index is -3.22. The number of piperazine rings is 1. The van der Waals surface area contributed by atoms with Gasteiger partial charge >= 0.3 is 0 Å². The van der Waals surface area contributed by atoms with Gasteiger partial charge in [0, 0.05) is 31.9 Å². The summed E-state index contributed by atoms with van der Waals surface area (Å²) in [4.78, 5) is 2.26. The zero-order chi connectivity index (χ0) is 13.9. The molecule has 1 aromatic rings. The van der Waals surface area contributed by atoms with Crippen molar-refractivity contribution < 1.29 is 8.42 Å². The molecule has 5 nitrogen and oxygen atoms in total. The first-order valence-electron chi connectivity index (χ1n) is 6.56. The average molecular weight is 283 g/mol. The second-order valence-corrected chi connectivity index (χ2v) is 6.80. The molecule has 0 saturated carbocycles. The summed E-state index contributed by atoms with van der Waals surface area (Å²) in [6, 6.07) is 7.02. The van der Waals surface area contributed by atoms with Crippen LogP contribution in [0.1, 0.15) is 12.5 Å². The number of hydrogen-bond donors (Lipinski definition) is 1. The zero-order valence-corrected chi connectivity index (χ0v) is 12.1. The van der Waals surface area contributed by atoms with Crippen LogP contribution in [0.5, 0.6) is 0 Å². The quantitative estimate of drug-likeness (QED) is 0.828. The van der Waals surface area contributed by atoms with E-state index in [2.05, 4.69) is 11.8 Å². The Bertz CT molecular complexity index is 505. The van der Waals surface area contributed by atoms with Crippen molar-refractivity contribution in [2.75, 3.05) is 38.5 Å². The van der Waals surface area contributed by atoms with Crippen molar-refractivity contribution in [1.82, 2.24) is 9.21 Å². The van der Waals surface area contributed by atoms with Gasteiger partial charge in [-0.2, -0.15) is 4.31 Å². The third-order valence-corrected chi connectivity index (χ3v) is 5.35. The molecule has 0 atom stereocenters. The van der Waals surface area contributed by atoms with Crippen molar-refractivity contribution in [2.45, 2.75) is 12.7 Å². The van der Waals surface area contributed by atoms with E-state index in [0.29, 0.717) is 18.8 Å². The lowest BCUT2D eigenvalue weighted by Crippen LogP contribution is -2.48. The van der Waals surface area contributed by atoms with E-state index in [1.807, 2.05) is 0 Å². The lowest BCUT2D eigenvalue weighted by molar-refractivity contribution is 0.196. The summed E-state index contributed by atoms with van der Waals surface area (Å²) < 4.78 is 26.2. The summed E-state index contributed by atoms with van der Waals surface area (Å²) in [6.07, 6.45) is 0. The topological polar surface area (TPSA) is 66.6 Å². The Hall–Kier alpha value is -1.11. The van der Waals surface area contributed by atoms with Gasteiger partial charge in [-0.3, -0.25) is 0 Å². The van der Waals surface area contributed by atoms with E-state index in [9.17, 15) is 8.42 Å². The smallest absolute Gasteiger partial charge is 0.218 e. The molecule has 0 unspecified atom stereocenters. The molecule has 0 radical (unpaired) electrons. The van der Waals surface area contributed by atoms with Crippen molar-refractivity contribution >= 4 is 15.7 Å². The monoisotopic (exact) mass is 283 g/mol. The fraction of sp³-hybridized carbons (Fsp3) is 0.538. The van der Waals surface area contributed by atoms with Gasteiger partial charge in [0.25, 0.3) is 0 Å². The van der Waals surface area contributed by atoms with Crippen molar-refractivity contribution in [2.24, 2.45) is 0 Å². The summed E-state index contributed by atoms with van der Waals surface area (Å²) in [5.74, 6) is 0.0550. The van der Waals surface area contributed by atoms with Gasteiger partial charge in [-0.1, -0.05) is 19.1 Å². The maximum atomic E-state index is 12.3. The number of likely N-dealkylation sites (N-methyl/N-ethyl adjacent to an activating group) is 1. The molecule has 0 aromatic heterocycles. The van der Waals surface area contributed by atoms with Crippen molar-refractivity contribution in [3.05, 3.63) is 29.8 Å². The molecule has 0 bridgehead atoms. The standard InChI is InChI=1S/C13H21N3O2S/c1-2-15-7-9-16(10-8-15)19(17,18)11-12-3-5-13(14)6-4-12/h3-6H,2,7-11,14H2,1H3. The number of nitrogens with zero attached hydrogens (tertiary/aromatic N) is 2. The third-order valence-electron chi connectivity index (χ3n) is 3.50. The van der Waals surface area contributed by atoms with Crippen LogP contribution in [0, 0.1) is 0 Å². The number of nitrogen functional groups attached to an aromatic ring is 1. The maximum absolute atomic E-state index is 12.3. The van der Waals surface area contributed by atoms with E-state index < -0.39 is 10.0 Å². The molecule has 2 N–H and O–H groups in total. The largest absolute Gasteiger partial charge is 0.399 e. The van der Waals surface area contributed by atoms with Gasteiger partial charge in [0.15, 0.2) is 0 Å². The molecule has 6 heteroatoms. The highest BCUT2D eigenvalue weighted by atomic mass is 32.2. The molecule has 1 fully saturated rings. The molecule has 1 aromatic carbocycles. The SMILES string of the molecule is CCN1CCN(S(=O)(=O)Cc2ccc(N)cc2)CC1. The highest BCUT2D eigenvalue weighted by Gasteiger charge is 2.26. The van der Waals surface area contributed by atoms with Crippen LogP contribution in [-0.2, 0) is 15.8 Å². The molecule has 0 spiro atoms. The van der Waals surface area contributed by atoms with Crippen molar-refractivity contribution in [1.29, 1.82) is 0 Å². The number of rotatable bonds is 4. The summed E-state index contributed by atoms with van der Waals surface area (Å²) in [7, 11) is -3.22. The second kappa shape index (κ2) is 5.90. The lowest BCUT2D eigenvalue weighted by atomic mass is 10.2. The summed E-state index contributed by atoms with van der Waals surface area (Å²) >= 11 is 0. The van der Waals surface area contributed by atoms with E-state index in [0.717, 1.165) is 25.2 Å². The van der Waals surface area contributed by atoms with Crippen LogP contribution >= 0.6 is 0 Å². The molecule has 0 amide bonds. The third kappa shape index (κ3) is 3.68. The van der Waals surface area contributed by atoms with Crippen molar-refractivity contribution in [3.63, 3.8) is 0 Å². The Morgan fingerprint density at radius 3 is 2.21 bits per heavy atom. The molecule has 1 aliphatic heterocycles. The van der Waals surface area contributed by atoms with Crippen LogP contribution in [-0.4, -0.2) is 50.3 Å². The van der Waals surface area contributed by atoms with Crippen LogP contribution < -0.4 is 5.73 Å². The molecule has 106 valence electrons. The van der Waals surface area contributed by atoms with Crippen LogP contribution in [0.4, 0.5) is 5.69 Å². The Labute approximate surface area is 115 Å². The molecule has 0 aliphatic carbocycles. The van der Waals surface area contributed by atoms with E-state index >= 15 is 0 Å². The highest BCUT2D eigenvalue weighted by Crippen LogP contribution is 2.14. The van der Waals surface area contributed by atoms with Gasteiger partial charge in [0.2, 0.25) is 10.0 Å². The maximum Gasteiger partial charge on any atom is 0.218 e. The van der Waals surface area contributed by atoms with Gasteiger partial charge in [-0.05, 0) is 24.2 Å². The van der Waals surface area contributed by atoms with Gasteiger partial charge < -0.3 is 10.6 Å². The number of nitrogens with two attached hydrogens (primary N) is 1. The van der Waals surface area contributed by atoms with Gasteiger partial charge in [0.05, 0.1) is 5.75 Å². The Morgan fingerprint density at radius 1 is 1.11 bits per heavy atom. The van der Waals surface area contributed by atoms with Crippen LogP contribution in [0.3, 0.4) is 0 Å². The summed E-state index contributed by atoms with van der Waals surface area (Å²) in [5, 5.41) is 0. The molecule has 2 rings (SSSR count). The highest BCUT2D eigenvalue weighted by molar-refractivity contribution is 7.88. The summed E-state index contributed by atoms with van der Waals surface area (Å²) in [5.41, 5.74) is 7.03. The first-order chi connectivity index (χ1) is 9.01. The van der Waals surface area contributed by atoms with Crippen LogP contribution in [0.25, 0.3) is 0 Å². The molecule has 1 heterocycles. The molecular weight excluding hydrogens is 262 g/mol. The van der Waals surface area contributed by atoms with E-state index in [1.165, 1.54) is 0 Å². The number of anilines is 1. The number of benzene rings is 1. The Balaban J connectivity index is 2.01. The number of hydrogen-bond acceptors (Lipinski definition) is 4. The zero-order valence-electron chi connectivity index (χ0n) is 11.2. The predicted molar refractivity (Wildman–Crippen MR) is 77.2 cm³/mol. The first-order valence-corrected chi connectivity index (χ1v) is 8.17. The predicted octanol–water partition coefficient (Wildman–Crippen LogP) is 0.736. The minimum absolute atomic E-state index is 0.0550. The Kier molecular flexibility index (Phi) is 4.44. The van der Waals surface area contributed by atoms with E-state index in [-0.39, 0.29) is 5.75 Å². The fourth-order valence-electron chi connectivity index (χ4n) is 2.24. The first kappa shape index (κ1) is 14.3. The van der Waals surface area contributed by atoms with E-state index in [4.69, 9.17) is 5.73 Å². The second-order valence-electron chi connectivity index (χ2n) is 4.83. The molecular formula is C13H21N3O2S. The van der Waals surface area contributed by atoms with Crippen LogP contribution in [0.15, 0.2) is 24.3 Å². The van der Waals surface area contributed by atoms with Gasteiger partial charge in [-0.15, -0.1) is 0 Å². The summed E-state index contributed by atoms with van der Waals surface area (Å²) in [6.45, 7) is 5.88. The number of sulfonamides is 1.